The van der Waals surface area contributed by atoms with Gasteiger partial charge in [-0.2, -0.15) is 0 Å². The third kappa shape index (κ3) is 3.25. The van der Waals surface area contributed by atoms with Crippen molar-refractivity contribution < 1.29 is 17.6 Å². The van der Waals surface area contributed by atoms with Crippen molar-refractivity contribution in [2.75, 3.05) is 5.32 Å². The minimum Gasteiger partial charge on any atom is -0.320 e. The zero-order valence-electron chi connectivity index (χ0n) is 9.00. The van der Waals surface area contributed by atoms with Crippen molar-refractivity contribution in [3.8, 4) is 0 Å². The number of amides is 1. The second kappa shape index (κ2) is 5.19. The summed E-state index contributed by atoms with van der Waals surface area (Å²) in [6.07, 6.45) is 0. The molecule has 0 saturated heterocycles. The zero-order chi connectivity index (χ0) is 14.0. The van der Waals surface area contributed by atoms with Gasteiger partial charge >= 0.3 is 0 Å². The first kappa shape index (κ1) is 13.8. The molecule has 1 amide bonds. The van der Waals surface area contributed by atoms with Gasteiger partial charge in [-0.05, 0) is 29.7 Å². The van der Waals surface area contributed by atoms with E-state index in [1.54, 1.807) is 0 Å². The second-order valence-corrected chi connectivity index (χ2v) is 6.47. The van der Waals surface area contributed by atoms with E-state index in [1.165, 1.54) is 11.4 Å². The highest BCUT2D eigenvalue weighted by Crippen LogP contribution is 2.22. The van der Waals surface area contributed by atoms with Crippen LogP contribution in [0.2, 0.25) is 0 Å². The highest BCUT2D eigenvalue weighted by atomic mass is 35.7. The highest BCUT2D eigenvalue weighted by Gasteiger charge is 2.17. The molecule has 1 heterocycles. The summed E-state index contributed by atoms with van der Waals surface area (Å²) in [7, 11) is 0.873. The van der Waals surface area contributed by atoms with Crippen LogP contribution in [0.1, 0.15) is 10.5 Å². The van der Waals surface area contributed by atoms with Crippen LogP contribution in [0.5, 0.6) is 0 Å². The Hall–Kier alpha value is -1.58. The number of carbonyl (C=O) groups excluding carboxylic acids is 1. The van der Waals surface area contributed by atoms with E-state index < -0.39 is 25.7 Å². The molecule has 1 aromatic carbocycles. The Bertz CT molecular complexity index is 718. The van der Waals surface area contributed by atoms with Crippen molar-refractivity contribution in [3.05, 3.63) is 35.1 Å². The summed E-state index contributed by atoms with van der Waals surface area (Å²) >= 11 is 0.995. The Kier molecular flexibility index (Phi) is 3.78. The van der Waals surface area contributed by atoms with Gasteiger partial charge in [0.1, 0.15) is 10.7 Å². The van der Waals surface area contributed by atoms with Crippen LogP contribution < -0.4 is 5.32 Å². The van der Waals surface area contributed by atoms with Crippen LogP contribution in [-0.4, -0.2) is 23.9 Å². The van der Waals surface area contributed by atoms with E-state index in [2.05, 4.69) is 14.9 Å². The molecule has 0 fully saturated rings. The number of nitrogens with zero attached hydrogens (tertiary/aromatic N) is 2. The lowest BCUT2D eigenvalue weighted by molar-refractivity contribution is 0.102. The first-order valence-corrected chi connectivity index (χ1v) is 7.85. The Labute approximate surface area is 115 Å². The number of carbonyl (C=O) groups is 1. The van der Waals surface area contributed by atoms with Crippen molar-refractivity contribution in [2.45, 2.75) is 4.90 Å². The van der Waals surface area contributed by atoms with Crippen molar-refractivity contribution in [3.63, 3.8) is 0 Å². The average molecular weight is 322 g/mol. The molecule has 0 bridgehead atoms. The molecule has 10 heteroatoms. The summed E-state index contributed by atoms with van der Waals surface area (Å²) < 4.78 is 39.0. The fourth-order valence-corrected chi connectivity index (χ4v) is 2.57. The lowest BCUT2D eigenvalue weighted by atomic mass is 10.3. The van der Waals surface area contributed by atoms with Crippen molar-refractivity contribution in [1.29, 1.82) is 0 Å². The normalized spacial score (nSPS) is 11.3. The molecule has 0 aliphatic rings. The molecule has 0 spiro atoms. The SMILES string of the molecule is O=C(Nc1ccc(S(=O)(=O)Cl)c(F)c1)c1csnn1. The Balaban J connectivity index is 2.24. The molecule has 0 unspecified atom stereocenters. The van der Waals surface area contributed by atoms with E-state index in [-0.39, 0.29) is 11.4 Å². The summed E-state index contributed by atoms with van der Waals surface area (Å²) in [5, 5.41) is 7.31. The summed E-state index contributed by atoms with van der Waals surface area (Å²) in [6.45, 7) is 0. The summed E-state index contributed by atoms with van der Waals surface area (Å²) in [4.78, 5) is 10.9. The van der Waals surface area contributed by atoms with Gasteiger partial charge in [-0.1, -0.05) is 4.49 Å². The molecule has 19 heavy (non-hydrogen) atoms. The maximum Gasteiger partial charge on any atom is 0.277 e. The van der Waals surface area contributed by atoms with Crippen molar-refractivity contribution in [1.82, 2.24) is 9.59 Å². The van der Waals surface area contributed by atoms with Crippen LogP contribution in [0, 0.1) is 5.82 Å². The number of benzene rings is 1. The molecular weight excluding hydrogens is 317 g/mol. The van der Waals surface area contributed by atoms with E-state index >= 15 is 0 Å². The number of rotatable bonds is 3. The molecule has 6 nitrogen and oxygen atoms in total. The van der Waals surface area contributed by atoms with Gasteiger partial charge < -0.3 is 5.32 Å². The van der Waals surface area contributed by atoms with E-state index in [0.717, 1.165) is 23.7 Å². The van der Waals surface area contributed by atoms with Crippen LogP contribution in [0.3, 0.4) is 0 Å². The number of anilines is 1. The maximum absolute atomic E-state index is 13.5. The predicted molar refractivity (Wildman–Crippen MR) is 67.3 cm³/mol. The second-order valence-electron chi connectivity index (χ2n) is 3.33. The van der Waals surface area contributed by atoms with Crippen molar-refractivity contribution >= 4 is 42.9 Å². The van der Waals surface area contributed by atoms with Gasteiger partial charge in [0.25, 0.3) is 15.0 Å². The summed E-state index contributed by atoms with van der Waals surface area (Å²) in [6, 6.07) is 3.04. The molecular formula is C9H5ClFN3O3S2. The fraction of sp³-hybridized carbons (Fsp3) is 0. The van der Waals surface area contributed by atoms with Crippen LogP contribution >= 0.6 is 22.2 Å². The standard InChI is InChI=1S/C9H5ClFN3O3S2/c10-19(16,17)8-2-1-5(3-6(8)11)12-9(15)7-4-18-14-13-7/h1-4H,(H,12,15). The third-order valence-electron chi connectivity index (χ3n) is 2.05. The van der Waals surface area contributed by atoms with E-state index in [9.17, 15) is 17.6 Å². The number of halogens is 2. The Morgan fingerprint density at radius 3 is 2.68 bits per heavy atom. The Morgan fingerprint density at radius 2 is 2.16 bits per heavy atom. The first-order valence-electron chi connectivity index (χ1n) is 4.70. The van der Waals surface area contributed by atoms with Gasteiger partial charge in [0, 0.05) is 21.7 Å². The molecule has 0 radical (unpaired) electrons. The largest absolute Gasteiger partial charge is 0.320 e. The molecule has 100 valence electrons. The summed E-state index contributed by atoms with van der Waals surface area (Å²) in [5.74, 6) is -1.63. The molecule has 0 atom stereocenters. The smallest absolute Gasteiger partial charge is 0.277 e. The lowest BCUT2D eigenvalue weighted by Crippen LogP contribution is -2.12. The zero-order valence-corrected chi connectivity index (χ0v) is 11.4. The van der Waals surface area contributed by atoms with Crippen LogP contribution in [0.25, 0.3) is 0 Å². The van der Waals surface area contributed by atoms with E-state index in [1.807, 2.05) is 0 Å². The van der Waals surface area contributed by atoms with E-state index in [4.69, 9.17) is 10.7 Å². The van der Waals surface area contributed by atoms with Gasteiger partial charge in [-0.25, -0.2) is 12.8 Å². The molecule has 2 aromatic rings. The molecule has 0 aliphatic carbocycles. The van der Waals surface area contributed by atoms with Gasteiger partial charge in [-0.3, -0.25) is 4.79 Å². The van der Waals surface area contributed by atoms with Gasteiger partial charge in [-0.15, -0.1) is 5.10 Å². The molecule has 2 rings (SSSR count). The number of hydrogen-bond acceptors (Lipinski definition) is 6. The third-order valence-corrected chi connectivity index (χ3v) is 3.90. The number of aromatic nitrogens is 2. The molecule has 1 N–H and O–H groups in total. The van der Waals surface area contributed by atoms with Gasteiger partial charge in [0.15, 0.2) is 5.69 Å². The van der Waals surface area contributed by atoms with E-state index in [0.29, 0.717) is 0 Å². The topological polar surface area (TPSA) is 89.0 Å². The molecule has 0 saturated carbocycles. The molecule has 1 aromatic heterocycles. The van der Waals surface area contributed by atoms with Crippen LogP contribution in [0.15, 0.2) is 28.5 Å². The fourth-order valence-electron chi connectivity index (χ4n) is 1.24. The van der Waals surface area contributed by atoms with Gasteiger partial charge in [0.2, 0.25) is 0 Å². The van der Waals surface area contributed by atoms with Crippen LogP contribution in [0.4, 0.5) is 10.1 Å². The highest BCUT2D eigenvalue weighted by molar-refractivity contribution is 8.13. The number of hydrogen-bond donors (Lipinski definition) is 1. The minimum atomic E-state index is -4.16. The number of nitrogens with one attached hydrogen (secondary N) is 1. The Morgan fingerprint density at radius 1 is 1.42 bits per heavy atom. The van der Waals surface area contributed by atoms with Crippen LogP contribution in [-0.2, 0) is 9.05 Å². The molecule has 0 aliphatic heterocycles. The quantitative estimate of drug-likeness (QED) is 0.872. The average Bonchev–Trinajstić information content (AvgIpc) is 2.80. The monoisotopic (exact) mass is 321 g/mol. The first-order chi connectivity index (χ1) is 8.88. The predicted octanol–water partition coefficient (Wildman–Crippen LogP) is 1.86. The van der Waals surface area contributed by atoms with Gasteiger partial charge in [0.05, 0.1) is 0 Å². The minimum absolute atomic E-state index is 0.0828. The maximum atomic E-state index is 13.5. The summed E-state index contributed by atoms with van der Waals surface area (Å²) in [5.41, 5.74) is 0.166. The lowest BCUT2D eigenvalue weighted by Gasteiger charge is -2.04. The van der Waals surface area contributed by atoms with Crippen molar-refractivity contribution in [2.24, 2.45) is 0 Å².